The fourth-order valence-corrected chi connectivity index (χ4v) is 8.97. The predicted octanol–water partition coefficient (Wildman–Crippen LogP) is 1.18. The van der Waals surface area contributed by atoms with Crippen molar-refractivity contribution in [2.45, 2.75) is 87.4 Å². The van der Waals surface area contributed by atoms with E-state index in [0.717, 1.165) is 6.04 Å². The van der Waals surface area contributed by atoms with E-state index in [1.54, 1.807) is 13.8 Å². The lowest BCUT2D eigenvalue weighted by atomic mass is 9.96. The summed E-state index contributed by atoms with van der Waals surface area (Å²) in [4.78, 5) is 37.5. The zero-order valence-electron chi connectivity index (χ0n) is 15.8. The lowest BCUT2D eigenvalue weighted by Crippen LogP contribution is -2.71. The van der Waals surface area contributed by atoms with E-state index < -0.39 is 30.9 Å². The summed E-state index contributed by atoms with van der Waals surface area (Å²) in [6.45, 7) is 10.2. The highest BCUT2D eigenvalue weighted by molar-refractivity contribution is 8.01. The van der Waals surface area contributed by atoms with Crippen LogP contribution in [0.15, 0.2) is 0 Å². The number of hydrogen-bond acceptors (Lipinski definition) is 5. The lowest BCUT2D eigenvalue weighted by Gasteiger charge is -2.45. The average molecular weight is 386 g/mol. The molecular formula is C17H29N2O4SSi-. The van der Waals surface area contributed by atoms with E-state index in [9.17, 15) is 19.5 Å². The Hall–Kier alpha value is -1.02. The van der Waals surface area contributed by atoms with Crippen molar-refractivity contribution in [2.75, 3.05) is 0 Å². The lowest BCUT2D eigenvalue weighted by molar-refractivity contribution is -0.312. The monoisotopic (exact) mass is 385 g/mol. The number of rotatable bonds is 8. The van der Waals surface area contributed by atoms with Gasteiger partial charge in [-0.15, -0.1) is 11.8 Å². The minimum absolute atomic E-state index is 0.0967. The standard InChI is InChI=1S/C17H30N2O4SSi/c1-6-25(7-2,8-3)10-9-11(20)18-12-14(21)19-13(16(22)23)17(4,5)24-15(12)19/h12-13,15H,6-10H2,1-5H3,(H,18,20)(H,22,23)/p-1. The normalized spacial score (nSPS) is 27.6. The molecule has 2 amide bonds. The van der Waals surface area contributed by atoms with Crippen LogP contribution >= 0.6 is 11.8 Å². The first kappa shape index (κ1) is 20.3. The molecule has 142 valence electrons. The second-order valence-electron chi connectivity index (χ2n) is 7.68. The topological polar surface area (TPSA) is 89.5 Å². The molecule has 2 rings (SSSR count). The SMILES string of the molecule is CC[Si](CC)(CC)CCC(=O)NC1C(=O)N2C1SC(C)(C)C2C(=O)[O-]. The molecule has 0 spiro atoms. The van der Waals surface area contributed by atoms with Gasteiger partial charge in [-0.25, -0.2) is 0 Å². The van der Waals surface area contributed by atoms with Gasteiger partial charge in [-0.1, -0.05) is 38.9 Å². The van der Waals surface area contributed by atoms with Crippen molar-refractivity contribution in [2.24, 2.45) is 0 Å². The minimum Gasteiger partial charge on any atom is -0.548 e. The molecule has 2 fully saturated rings. The van der Waals surface area contributed by atoms with Crippen LogP contribution in [0.2, 0.25) is 24.2 Å². The van der Waals surface area contributed by atoms with Gasteiger partial charge >= 0.3 is 0 Å². The maximum atomic E-state index is 12.4. The van der Waals surface area contributed by atoms with Gasteiger partial charge in [0.1, 0.15) is 11.4 Å². The van der Waals surface area contributed by atoms with Gasteiger partial charge in [0.25, 0.3) is 0 Å². The van der Waals surface area contributed by atoms with Crippen molar-refractivity contribution in [1.29, 1.82) is 0 Å². The molecule has 6 nitrogen and oxygen atoms in total. The van der Waals surface area contributed by atoms with Crippen LogP contribution in [0.5, 0.6) is 0 Å². The van der Waals surface area contributed by atoms with E-state index in [2.05, 4.69) is 26.1 Å². The Morgan fingerprint density at radius 3 is 2.28 bits per heavy atom. The van der Waals surface area contributed by atoms with Crippen molar-refractivity contribution in [3.63, 3.8) is 0 Å². The maximum absolute atomic E-state index is 12.4. The highest BCUT2D eigenvalue weighted by atomic mass is 32.2. The summed E-state index contributed by atoms with van der Waals surface area (Å²) in [6.07, 6.45) is 0.455. The van der Waals surface area contributed by atoms with Crippen LogP contribution in [0.3, 0.4) is 0 Å². The third-order valence-electron chi connectivity index (χ3n) is 6.11. The minimum atomic E-state index is -1.36. The molecule has 2 heterocycles. The zero-order valence-corrected chi connectivity index (χ0v) is 17.6. The van der Waals surface area contributed by atoms with Gasteiger partial charge in [-0.05, 0) is 19.9 Å². The Bertz CT molecular complexity index is 557. The van der Waals surface area contributed by atoms with Crippen LogP contribution in [0.1, 0.15) is 41.0 Å². The summed E-state index contributed by atoms with van der Waals surface area (Å²) >= 11 is 1.42. The molecular weight excluding hydrogens is 356 g/mol. The fourth-order valence-electron chi connectivity index (χ4n) is 4.03. The number of carbonyl (C=O) groups is 3. The van der Waals surface area contributed by atoms with Crippen LogP contribution in [0.25, 0.3) is 0 Å². The Morgan fingerprint density at radius 1 is 1.24 bits per heavy atom. The molecule has 0 saturated carbocycles. The summed E-state index contributed by atoms with van der Waals surface area (Å²) < 4.78 is -0.618. The molecule has 0 aromatic rings. The maximum Gasteiger partial charge on any atom is 0.249 e. The first-order valence-electron chi connectivity index (χ1n) is 9.12. The van der Waals surface area contributed by atoms with Gasteiger partial charge in [0.15, 0.2) is 0 Å². The first-order chi connectivity index (χ1) is 11.6. The Kier molecular flexibility index (Phi) is 5.93. The molecule has 25 heavy (non-hydrogen) atoms. The molecule has 1 N–H and O–H groups in total. The van der Waals surface area contributed by atoms with E-state index in [-0.39, 0.29) is 17.2 Å². The number of hydrogen-bond donors (Lipinski definition) is 1. The van der Waals surface area contributed by atoms with Crippen LogP contribution in [0, 0.1) is 0 Å². The van der Waals surface area contributed by atoms with E-state index in [4.69, 9.17) is 0 Å². The Labute approximate surface area is 155 Å². The number of fused-ring (bicyclic) bond motifs is 1. The van der Waals surface area contributed by atoms with Crippen molar-refractivity contribution < 1.29 is 19.5 Å². The average Bonchev–Trinajstić information content (AvgIpc) is 2.82. The molecule has 0 bridgehead atoms. The number of aliphatic carboxylic acids is 1. The van der Waals surface area contributed by atoms with Crippen LogP contribution in [-0.2, 0) is 14.4 Å². The molecule has 3 atom stereocenters. The number of nitrogens with zero attached hydrogens (tertiary/aromatic N) is 1. The largest absolute Gasteiger partial charge is 0.548 e. The van der Waals surface area contributed by atoms with E-state index >= 15 is 0 Å². The van der Waals surface area contributed by atoms with Crippen molar-refractivity contribution in [1.82, 2.24) is 10.2 Å². The highest BCUT2D eigenvalue weighted by Crippen LogP contribution is 2.50. The van der Waals surface area contributed by atoms with Crippen molar-refractivity contribution in [3.8, 4) is 0 Å². The second-order valence-corrected chi connectivity index (χ2v) is 15.1. The highest BCUT2D eigenvalue weighted by Gasteiger charge is 2.62. The Morgan fingerprint density at radius 2 is 1.80 bits per heavy atom. The smallest absolute Gasteiger partial charge is 0.249 e. The van der Waals surface area contributed by atoms with Gasteiger partial charge in [0.2, 0.25) is 11.8 Å². The fraction of sp³-hybridized carbons (Fsp3) is 0.824. The molecule has 2 saturated heterocycles. The molecule has 0 aromatic carbocycles. The van der Waals surface area contributed by atoms with Crippen LogP contribution in [0.4, 0.5) is 0 Å². The zero-order chi connectivity index (χ0) is 19.0. The van der Waals surface area contributed by atoms with Crippen molar-refractivity contribution in [3.05, 3.63) is 0 Å². The summed E-state index contributed by atoms with van der Waals surface area (Å²) in [5, 5.41) is 13.9. The summed E-state index contributed by atoms with van der Waals surface area (Å²) in [5.74, 6) is -1.64. The molecule has 3 unspecified atom stereocenters. The number of carboxylic acid groups (broad SMARTS) is 1. The number of thioether (sulfide) groups is 1. The van der Waals surface area contributed by atoms with Gasteiger partial charge in [-0.3, -0.25) is 9.59 Å². The summed E-state index contributed by atoms with van der Waals surface area (Å²) in [6, 6.07) is 2.90. The molecule has 0 radical (unpaired) electrons. The van der Waals surface area contributed by atoms with Gasteiger partial charge in [0, 0.05) is 11.2 Å². The molecule has 2 aliphatic rings. The van der Waals surface area contributed by atoms with Gasteiger partial charge in [0.05, 0.1) is 20.1 Å². The summed E-state index contributed by atoms with van der Waals surface area (Å²) in [5.41, 5.74) is 0. The van der Waals surface area contributed by atoms with Gasteiger partial charge in [-0.2, -0.15) is 0 Å². The number of nitrogens with one attached hydrogen (secondary N) is 1. The van der Waals surface area contributed by atoms with E-state index in [0.29, 0.717) is 6.42 Å². The first-order valence-corrected chi connectivity index (χ1v) is 12.8. The second kappa shape index (κ2) is 7.30. The van der Waals surface area contributed by atoms with E-state index in [1.807, 2.05) is 0 Å². The third kappa shape index (κ3) is 3.60. The molecule has 0 aromatic heterocycles. The predicted molar refractivity (Wildman–Crippen MR) is 99.7 cm³/mol. The van der Waals surface area contributed by atoms with Crippen LogP contribution < -0.4 is 10.4 Å². The quantitative estimate of drug-likeness (QED) is 0.501. The van der Waals surface area contributed by atoms with Crippen LogP contribution in [-0.4, -0.2) is 53.0 Å². The number of amides is 2. The third-order valence-corrected chi connectivity index (χ3v) is 13.5. The number of carbonyl (C=O) groups excluding carboxylic acids is 3. The molecule has 8 heteroatoms. The Balaban J connectivity index is 1.96. The molecule has 2 aliphatic heterocycles. The number of β-lactam (4-membered cyclic amide) rings is 1. The van der Waals surface area contributed by atoms with Gasteiger partial charge < -0.3 is 20.1 Å². The van der Waals surface area contributed by atoms with Crippen molar-refractivity contribution >= 4 is 37.6 Å². The summed E-state index contributed by atoms with van der Waals surface area (Å²) in [7, 11) is -1.36. The molecule has 0 aliphatic carbocycles. The number of carboxylic acids is 1. The van der Waals surface area contributed by atoms with E-state index in [1.165, 1.54) is 34.8 Å².